The van der Waals surface area contributed by atoms with Crippen molar-refractivity contribution in [2.75, 3.05) is 7.05 Å². The molecular weight excluding hydrogens is 256 g/mol. The summed E-state index contributed by atoms with van der Waals surface area (Å²) in [7, 11) is 2.29. The van der Waals surface area contributed by atoms with Crippen LogP contribution in [0.25, 0.3) is 0 Å². The van der Waals surface area contributed by atoms with Crippen molar-refractivity contribution in [1.29, 1.82) is 0 Å². The molecule has 0 amide bonds. The first-order valence-electron chi connectivity index (χ1n) is 7.46. The van der Waals surface area contributed by atoms with Crippen LogP contribution in [0.4, 0.5) is 0 Å². The van der Waals surface area contributed by atoms with E-state index in [1.807, 2.05) is 0 Å². The second-order valence-electron chi connectivity index (χ2n) is 6.44. The van der Waals surface area contributed by atoms with E-state index in [9.17, 15) is 0 Å². The lowest BCUT2D eigenvalue weighted by atomic mass is 9.82. The second kappa shape index (κ2) is 5.02. The van der Waals surface area contributed by atoms with Gasteiger partial charge in [-0.1, -0.05) is 20.3 Å². The average molecular weight is 280 g/mol. The van der Waals surface area contributed by atoms with Crippen LogP contribution in [0.3, 0.4) is 0 Å². The lowest BCUT2D eigenvalue weighted by Gasteiger charge is -2.47. The van der Waals surface area contributed by atoms with Crippen LogP contribution in [0.1, 0.15) is 63.7 Å². The van der Waals surface area contributed by atoms with Crippen LogP contribution >= 0.6 is 12.2 Å². The third kappa shape index (κ3) is 2.27. The summed E-state index contributed by atoms with van der Waals surface area (Å²) >= 11 is 5.47. The van der Waals surface area contributed by atoms with E-state index < -0.39 is 0 Å². The van der Waals surface area contributed by atoms with E-state index in [1.165, 1.54) is 32.1 Å². The molecular formula is C14H24N4S. The molecule has 1 aromatic rings. The van der Waals surface area contributed by atoms with Crippen LogP contribution in [0.2, 0.25) is 0 Å². The molecule has 0 aromatic carbocycles. The first-order valence-corrected chi connectivity index (χ1v) is 7.87. The molecule has 2 aliphatic heterocycles. The number of H-pyrrole nitrogens is 1. The summed E-state index contributed by atoms with van der Waals surface area (Å²) in [6, 6.07) is 2.00. The zero-order chi connectivity index (χ0) is 13.6. The maximum absolute atomic E-state index is 5.47. The predicted molar refractivity (Wildman–Crippen MR) is 79.0 cm³/mol. The predicted octanol–water partition coefficient (Wildman–Crippen LogP) is 3.25. The zero-order valence-electron chi connectivity index (χ0n) is 12.1. The fourth-order valence-electron chi connectivity index (χ4n) is 3.87. The Morgan fingerprint density at radius 2 is 1.84 bits per heavy atom. The fourth-order valence-corrected chi connectivity index (χ4v) is 4.16. The Balaban J connectivity index is 1.91. The lowest BCUT2D eigenvalue weighted by molar-refractivity contribution is 0.0387. The van der Waals surface area contributed by atoms with Gasteiger partial charge in [0.1, 0.15) is 5.82 Å². The molecule has 2 saturated heterocycles. The number of nitrogens with zero attached hydrogens (tertiary/aromatic N) is 3. The van der Waals surface area contributed by atoms with Crippen LogP contribution in [-0.2, 0) is 0 Å². The monoisotopic (exact) mass is 280 g/mol. The Morgan fingerprint density at radius 1 is 1.21 bits per heavy atom. The van der Waals surface area contributed by atoms with Crippen molar-refractivity contribution in [2.24, 2.45) is 0 Å². The van der Waals surface area contributed by atoms with E-state index in [2.05, 4.69) is 40.6 Å². The topological polar surface area (TPSA) is 36.9 Å². The molecule has 0 spiro atoms. The number of fused-ring (bicyclic) bond motifs is 2. The Bertz CT molecular complexity index is 490. The third-order valence-corrected chi connectivity index (χ3v) is 5.22. The lowest BCUT2D eigenvalue weighted by Crippen LogP contribution is -2.50. The van der Waals surface area contributed by atoms with Gasteiger partial charge in [0.15, 0.2) is 4.77 Å². The van der Waals surface area contributed by atoms with Crippen molar-refractivity contribution in [3.63, 3.8) is 0 Å². The Hall–Kier alpha value is -0.680. The van der Waals surface area contributed by atoms with Gasteiger partial charge in [0.25, 0.3) is 0 Å². The van der Waals surface area contributed by atoms with Gasteiger partial charge < -0.3 is 9.47 Å². The van der Waals surface area contributed by atoms with Gasteiger partial charge in [-0.3, -0.25) is 5.10 Å². The standard InChI is InChI=1S/C14H24N4S/c1-9(2)13-15-16-14(19)18(13)12-7-10-5-4-6-11(8-12)17(10)3/h9-12H,4-8H2,1-3H3,(H,16,19). The molecule has 2 aliphatic rings. The number of aromatic amines is 1. The van der Waals surface area contributed by atoms with Crippen molar-refractivity contribution in [2.45, 2.75) is 70.0 Å². The van der Waals surface area contributed by atoms with Gasteiger partial charge in [0.2, 0.25) is 0 Å². The van der Waals surface area contributed by atoms with Gasteiger partial charge in [-0.25, -0.2) is 0 Å². The molecule has 1 aromatic heterocycles. The molecule has 3 rings (SSSR count). The van der Waals surface area contributed by atoms with Gasteiger partial charge in [-0.2, -0.15) is 5.10 Å². The minimum atomic E-state index is 0.424. The van der Waals surface area contributed by atoms with Crippen LogP contribution in [0.5, 0.6) is 0 Å². The highest BCUT2D eigenvalue weighted by molar-refractivity contribution is 7.71. The van der Waals surface area contributed by atoms with E-state index in [0.717, 1.165) is 22.7 Å². The minimum absolute atomic E-state index is 0.424. The van der Waals surface area contributed by atoms with Gasteiger partial charge in [-0.15, -0.1) is 0 Å². The molecule has 2 unspecified atom stereocenters. The van der Waals surface area contributed by atoms with Gasteiger partial charge >= 0.3 is 0 Å². The normalized spacial score (nSPS) is 31.9. The minimum Gasteiger partial charge on any atom is -0.301 e. The molecule has 2 bridgehead atoms. The van der Waals surface area contributed by atoms with Crippen molar-refractivity contribution >= 4 is 12.2 Å². The quantitative estimate of drug-likeness (QED) is 0.845. The van der Waals surface area contributed by atoms with Crippen LogP contribution < -0.4 is 0 Å². The summed E-state index contributed by atoms with van der Waals surface area (Å²) in [6.45, 7) is 4.38. The summed E-state index contributed by atoms with van der Waals surface area (Å²) in [4.78, 5) is 2.60. The van der Waals surface area contributed by atoms with Crippen molar-refractivity contribution in [3.8, 4) is 0 Å². The molecule has 1 N–H and O–H groups in total. The second-order valence-corrected chi connectivity index (χ2v) is 6.83. The Morgan fingerprint density at radius 3 is 2.42 bits per heavy atom. The SMILES string of the molecule is CC(C)c1n[nH]c(=S)n1C1CC2CCCC(C1)N2C. The number of nitrogens with one attached hydrogen (secondary N) is 1. The number of rotatable bonds is 2. The van der Waals surface area contributed by atoms with Crippen molar-refractivity contribution in [1.82, 2.24) is 19.7 Å². The molecule has 5 heteroatoms. The highest BCUT2D eigenvalue weighted by Gasteiger charge is 2.37. The Labute approximate surface area is 120 Å². The van der Waals surface area contributed by atoms with Gasteiger partial charge in [0, 0.05) is 24.0 Å². The molecule has 3 heterocycles. The number of aromatic nitrogens is 3. The molecule has 106 valence electrons. The first-order chi connectivity index (χ1) is 9.08. The maximum Gasteiger partial charge on any atom is 0.195 e. The van der Waals surface area contributed by atoms with Crippen LogP contribution in [-0.4, -0.2) is 38.8 Å². The largest absolute Gasteiger partial charge is 0.301 e. The van der Waals surface area contributed by atoms with E-state index in [0.29, 0.717) is 12.0 Å². The molecule has 19 heavy (non-hydrogen) atoms. The van der Waals surface area contributed by atoms with Gasteiger partial charge in [-0.05, 0) is 44.9 Å². The third-order valence-electron chi connectivity index (χ3n) is 4.93. The maximum atomic E-state index is 5.47. The van der Waals surface area contributed by atoms with E-state index in [1.54, 1.807) is 0 Å². The summed E-state index contributed by atoms with van der Waals surface area (Å²) in [5, 5.41) is 7.43. The van der Waals surface area contributed by atoms with Crippen LogP contribution in [0.15, 0.2) is 0 Å². The molecule has 4 nitrogen and oxygen atoms in total. The highest BCUT2D eigenvalue weighted by atomic mass is 32.1. The summed E-state index contributed by atoms with van der Waals surface area (Å²) in [6.07, 6.45) is 6.51. The molecule has 0 radical (unpaired) electrons. The smallest absolute Gasteiger partial charge is 0.195 e. The molecule has 2 fully saturated rings. The van der Waals surface area contributed by atoms with E-state index in [-0.39, 0.29) is 0 Å². The Kier molecular flexibility index (Phi) is 3.52. The molecule has 2 atom stereocenters. The summed E-state index contributed by atoms with van der Waals surface area (Å²) < 4.78 is 3.11. The fraction of sp³-hybridized carbons (Fsp3) is 0.857. The van der Waals surface area contributed by atoms with E-state index in [4.69, 9.17) is 12.2 Å². The zero-order valence-corrected chi connectivity index (χ0v) is 12.9. The van der Waals surface area contributed by atoms with Gasteiger partial charge in [0.05, 0.1) is 0 Å². The van der Waals surface area contributed by atoms with Crippen LogP contribution in [0, 0.1) is 4.77 Å². The number of hydrogen-bond acceptors (Lipinski definition) is 3. The molecule has 0 aliphatic carbocycles. The number of piperidine rings is 2. The number of hydrogen-bond donors (Lipinski definition) is 1. The highest BCUT2D eigenvalue weighted by Crippen LogP contribution is 2.39. The molecule has 0 saturated carbocycles. The van der Waals surface area contributed by atoms with Crippen molar-refractivity contribution < 1.29 is 0 Å². The van der Waals surface area contributed by atoms with Crippen molar-refractivity contribution in [3.05, 3.63) is 10.6 Å². The first kappa shape index (κ1) is 13.3. The summed E-state index contributed by atoms with van der Waals surface area (Å²) in [5.41, 5.74) is 0. The van der Waals surface area contributed by atoms with E-state index >= 15 is 0 Å². The average Bonchev–Trinajstić information content (AvgIpc) is 2.71. The summed E-state index contributed by atoms with van der Waals surface area (Å²) in [5.74, 6) is 1.55.